The predicted octanol–water partition coefficient (Wildman–Crippen LogP) is 6.51. The lowest BCUT2D eigenvalue weighted by Crippen LogP contribution is -2.69. The molecule has 2 aliphatic rings. The maximum Gasteiger partial charge on any atom is 0.397 e. The summed E-state index contributed by atoms with van der Waals surface area (Å²) >= 11 is 7.91. The molecule has 2 saturated heterocycles. The van der Waals surface area contributed by atoms with E-state index in [-0.39, 0.29) is 0 Å². The Bertz CT molecular complexity index is 2960. The molecule has 2 rings (SSSR count). The van der Waals surface area contributed by atoms with Crippen LogP contribution < -0.4 is 0 Å². The van der Waals surface area contributed by atoms with Crippen LogP contribution in [-0.4, -0.2) is 402 Å². The quantitative estimate of drug-likeness (QED) is 0.0229. The van der Waals surface area contributed by atoms with Gasteiger partial charge in [0, 0.05) is 11.7 Å². The fourth-order valence-corrected chi connectivity index (χ4v) is 14.9. The van der Waals surface area contributed by atoms with Gasteiger partial charge in [-0.2, -0.15) is 71.6 Å². The van der Waals surface area contributed by atoms with Crippen LogP contribution in [0.1, 0.15) is 193 Å². The van der Waals surface area contributed by atoms with E-state index in [1.165, 1.54) is 177 Å². The van der Waals surface area contributed by atoms with Gasteiger partial charge in [-0.1, -0.05) is 187 Å². The van der Waals surface area contributed by atoms with Crippen LogP contribution in [0.3, 0.4) is 0 Å². The Kier molecular flexibility index (Phi) is 84.4. The van der Waals surface area contributed by atoms with Gasteiger partial charge < -0.3 is 63.4 Å². The van der Waals surface area contributed by atoms with Gasteiger partial charge >= 0.3 is 72.8 Å². The minimum absolute atomic E-state index is 0.969. The number of hydrogen-bond acceptors (Lipinski definition) is 36. The molecule has 119 heavy (non-hydrogen) atoms. The summed E-state index contributed by atoms with van der Waals surface area (Å²) in [6.07, 6.45) is -28.2. The third kappa shape index (κ3) is 74.9. The molecule has 0 spiro atoms. The van der Waals surface area contributed by atoms with Crippen LogP contribution in [0.5, 0.6) is 0 Å². The molecular weight excluding hydrogens is 1760 g/mol. The fraction of sp³-hybridized carbons (Fsp3) is 1.00. The molecule has 0 amide bonds. The Morgan fingerprint density at radius 1 is 0.294 bits per heavy atom. The van der Waals surface area contributed by atoms with Crippen molar-refractivity contribution < 1.29 is 139 Å². The third-order valence-corrected chi connectivity index (χ3v) is 22.5. The Morgan fingerprint density at radius 2 is 0.496 bits per heavy atom. The first-order valence-electron chi connectivity index (χ1n) is 41.0. The summed E-state index contributed by atoms with van der Waals surface area (Å²) in [4.78, 5) is 18.5. The zero-order valence-corrected chi connectivity index (χ0v) is 83.9. The van der Waals surface area contributed by atoms with Crippen LogP contribution >= 0.6 is 25.3 Å². The molecule has 0 aliphatic carbocycles. The summed E-state index contributed by atoms with van der Waals surface area (Å²) in [7, 11) is -41.5. The molecule has 2 fully saturated rings. The first-order chi connectivity index (χ1) is 54.9. The fourth-order valence-electron chi connectivity index (χ4n) is 10.8. The lowest BCUT2D eigenvalue weighted by molar-refractivity contribution is -0.332. The normalized spacial score (nSPS) is 20.6. The van der Waals surface area contributed by atoms with Gasteiger partial charge in [-0.15, -0.1) is 12.6 Å². The van der Waals surface area contributed by atoms with Crippen molar-refractivity contribution in [3.63, 3.8) is 0 Å². The standard InChI is InChI=1S/C15H28O32S9.9C6H15N/c16-2-5(48)1-15(49)13(47-56(35,36)37)11(45-54(29,30)31)8(7(42-15)4-39-51(20,21)22)41-14-12(46-55(32,33)34)10(44-53(26,27)28)9(43-52(23,24)25)6(40-14)3-38-50(17,18)19;9*1-4-7(5-2)6-3/h5-14,16,48-49H,1-4H2,(H,17,18,19)(H,20,21,22)(H,23,24,25)(H,26,27,28)(H,29,30,31)(H,32,33,34)(H,35,36,37);9*4-6H2,1-3H3/t5?,6-,7-,8-,9-,10+,11+,12-,13-,14-,15+;;;;;;;;;/m1........./s1. The van der Waals surface area contributed by atoms with E-state index in [1.54, 1.807) is 0 Å². The van der Waals surface area contributed by atoms with E-state index >= 15 is 0 Å². The van der Waals surface area contributed by atoms with Gasteiger partial charge in [0.05, 0.1) is 19.8 Å². The van der Waals surface area contributed by atoms with Crippen molar-refractivity contribution in [2.75, 3.05) is 197 Å². The first-order valence-corrected chi connectivity index (χ1v) is 51.5. The van der Waals surface area contributed by atoms with Gasteiger partial charge in [-0.05, 0) is 177 Å². The number of nitrogens with zero attached hydrogens (tertiary/aromatic N) is 9. The molecule has 1 unspecified atom stereocenters. The first kappa shape index (κ1) is 134. The van der Waals surface area contributed by atoms with Crippen molar-refractivity contribution in [2.45, 2.75) is 259 Å². The maximum atomic E-state index is 12.1. The second-order valence-electron chi connectivity index (χ2n) is 25.1. The molecule has 50 heteroatoms. The molecule has 0 aromatic carbocycles. The number of thiol groups is 2. The van der Waals surface area contributed by atoms with Crippen LogP contribution in [0.15, 0.2) is 0 Å². The SMILES string of the molecule is CCN(CC)CC.CCN(CC)CC.CCN(CC)CC.CCN(CC)CC.CCN(CC)CC.CCN(CC)CC.CCN(CC)CC.CCN(CC)CC.CCN(CC)CC.O=S(=O)(O)OC[C@H]1O[C@H](O[C@H]2[C@H](OS(=O)(=O)O)[C@@H](OS(=O)(=O)O)[C@@](S)(CC(S)CO)O[C@@H]2COS(=O)(=O)O)[C@H](OS(=O)(=O)O)[C@@H](OS(=O)(=O)O)[C@@H]1OS(=O)(=O)O. The maximum absolute atomic E-state index is 12.1. The molecule has 0 saturated carbocycles. The molecular formula is C69H163N9O32S9. The third-order valence-electron chi connectivity index (χ3n) is 18.4. The number of aliphatic hydroxyl groups excluding tert-OH is 1. The smallest absolute Gasteiger partial charge is 0.395 e. The van der Waals surface area contributed by atoms with Gasteiger partial charge in [-0.3, -0.25) is 31.9 Å². The van der Waals surface area contributed by atoms with Crippen LogP contribution in [0.2, 0.25) is 0 Å². The largest absolute Gasteiger partial charge is 0.397 e. The predicted molar refractivity (Wildman–Crippen MR) is 473 cm³/mol. The average Bonchev–Trinajstić information content (AvgIpc) is 0.743. The van der Waals surface area contributed by atoms with Gasteiger partial charge in [-0.25, -0.2) is 29.3 Å². The molecule has 0 bridgehead atoms. The number of ether oxygens (including phenoxy) is 3. The van der Waals surface area contributed by atoms with Crippen LogP contribution in [0.4, 0.5) is 0 Å². The van der Waals surface area contributed by atoms with Crippen molar-refractivity contribution in [3.8, 4) is 0 Å². The van der Waals surface area contributed by atoms with Crippen LogP contribution in [-0.2, 0) is 116 Å². The second kappa shape index (κ2) is 75.1. The lowest BCUT2D eigenvalue weighted by atomic mass is 9.91. The second-order valence-corrected chi connectivity index (χ2v) is 34.0. The summed E-state index contributed by atoms with van der Waals surface area (Å²) in [6, 6.07) is 0. The summed E-state index contributed by atoms with van der Waals surface area (Å²) in [5, 5.41) is 8.10. The van der Waals surface area contributed by atoms with Crippen molar-refractivity contribution in [1.29, 1.82) is 0 Å². The van der Waals surface area contributed by atoms with E-state index in [2.05, 4.69) is 286 Å². The molecule has 2 aliphatic heterocycles. The summed E-state index contributed by atoms with van der Waals surface area (Å²) in [5.41, 5.74) is 0. The molecule has 41 nitrogen and oxygen atoms in total. The average molecular weight is 1920 g/mol. The van der Waals surface area contributed by atoms with Gasteiger partial charge in [0.1, 0.15) is 47.7 Å². The lowest BCUT2D eigenvalue weighted by Gasteiger charge is -2.51. The highest BCUT2D eigenvalue weighted by molar-refractivity contribution is 7.83. The van der Waals surface area contributed by atoms with E-state index in [0.29, 0.717) is 0 Å². The van der Waals surface area contributed by atoms with E-state index in [4.69, 9.17) is 18.8 Å². The zero-order chi connectivity index (χ0) is 95.0. The van der Waals surface area contributed by atoms with Crippen molar-refractivity contribution in [3.05, 3.63) is 0 Å². The summed E-state index contributed by atoms with van der Waals surface area (Å²) < 4.78 is 276. The van der Waals surface area contributed by atoms with E-state index < -0.39 is 164 Å². The van der Waals surface area contributed by atoms with E-state index in [1.807, 2.05) is 0 Å². The monoisotopic (exact) mass is 1920 g/mol. The number of hydrogen-bond donors (Lipinski definition) is 10. The summed E-state index contributed by atoms with van der Waals surface area (Å²) in [6.45, 7) is 86.6. The van der Waals surface area contributed by atoms with Gasteiger partial charge in [0.15, 0.2) is 12.4 Å². The minimum Gasteiger partial charge on any atom is -0.395 e. The molecule has 2 heterocycles. The topological polar surface area (TPSA) is 522 Å². The van der Waals surface area contributed by atoms with Crippen molar-refractivity contribution >= 4 is 98.1 Å². The number of rotatable bonds is 48. The summed E-state index contributed by atoms with van der Waals surface area (Å²) in [5.74, 6) is 0. The van der Waals surface area contributed by atoms with Crippen LogP contribution in [0.25, 0.3) is 0 Å². The molecule has 11 atom stereocenters. The van der Waals surface area contributed by atoms with E-state index in [9.17, 15) is 91.3 Å². The molecule has 0 radical (unpaired) electrons. The number of aliphatic hydroxyl groups is 1. The minimum atomic E-state index is -6.13. The Morgan fingerprint density at radius 3 is 0.689 bits per heavy atom. The molecule has 8 N–H and O–H groups in total. The van der Waals surface area contributed by atoms with Crippen molar-refractivity contribution in [2.24, 2.45) is 0 Å². The van der Waals surface area contributed by atoms with Crippen molar-refractivity contribution in [1.82, 2.24) is 44.1 Å². The molecule has 0 aromatic rings. The Hall–Kier alpha value is -0.730. The van der Waals surface area contributed by atoms with Gasteiger partial charge in [0.2, 0.25) is 0 Å². The zero-order valence-electron chi connectivity index (χ0n) is 76.3. The van der Waals surface area contributed by atoms with E-state index in [0.717, 1.165) is 0 Å². The van der Waals surface area contributed by atoms with Crippen LogP contribution in [0, 0.1) is 0 Å². The highest BCUT2D eigenvalue weighted by Crippen LogP contribution is 2.44. The van der Waals surface area contributed by atoms with Gasteiger partial charge in [0.25, 0.3) is 0 Å². The molecule has 0 aromatic heterocycles. The Balaban J connectivity index is -0.000000257. The Labute approximate surface area is 732 Å². The highest BCUT2D eigenvalue weighted by Gasteiger charge is 2.62. The molecule has 730 valence electrons. The highest BCUT2D eigenvalue weighted by atomic mass is 32.3.